The molecule has 0 bridgehead atoms. The number of nitrogens with zero attached hydrogens (tertiary/aromatic N) is 1. The lowest BCUT2D eigenvalue weighted by molar-refractivity contribution is -0.145. The molecule has 148 valence electrons. The van der Waals surface area contributed by atoms with Crippen LogP contribution in [0.5, 0.6) is 11.5 Å². The molecule has 0 atom stereocenters. The van der Waals surface area contributed by atoms with Gasteiger partial charge in [0, 0.05) is 5.56 Å². The number of methoxy groups -OCH3 is 1. The van der Waals surface area contributed by atoms with Crippen molar-refractivity contribution in [1.29, 1.82) is 0 Å². The molecule has 0 unspecified atom stereocenters. The number of esters is 1. The van der Waals surface area contributed by atoms with Gasteiger partial charge >= 0.3 is 5.97 Å². The summed E-state index contributed by atoms with van der Waals surface area (Å²) in [5.74, 6) is -0.284. The van der Waals surface area contributed by atoms with E-state index in [1.54, 1.807) is 31.2 Å². The molecule has 0 aromatic heterocycles. The van der Waals surface area contributed by atoms with E-state index >= 15 is 0 Å². The minimum atomic E-state index is -0.509. The van der Waals surface area contributed by atoms with Crippen LogP contribution in [-0.2, 0) is 9.53 Å². The molecule has 2 aromatic carbocycles. The molecular weight excluding hydrogens is 384 g/mol. The Balaban J connectivity index is 2.09. The largest absolute Gasteiger partial charge is 0.493 e. The van der Waals surface area contributed by atoms with Crippen molar-refractivity contribution in [3.8, 4) is 11.5 Å². The van der Waals surface area contributed by atoms with Crippen molar-refractivity contribution in [3.05, 3.63) is 58.1 Å². The molecule has 0 aliphatic heterocycles. The zero-order chi connectivity index (χ0) is 20.5. The molecule has 0 saturated heterocycles. The molecule has 0 saturated carbocycles. The maximum atomic E-state index is 12.2. The number of hydrogen-bond acceptors (Lipinski definition) is 6. The van der Waals surface area contributed by atoms with Gasteiger partial charge in [-0.05, 0) is 43.2 Å². The Hall–Kier alpha value is -3.06. The first-order chi connectivity index (χ1) is 13.5. The van der Waals surface area contributed by atoms with Gasteiger partial charge in [0.25, 0.3) is 5.91 Å². The second-order valence-corrected chi connectivity index (χ2v) is 6.05. The normalized spacial score (nSPS) is 10.6. The number of carbonyl (C=O) groups is 2. The molecule has 0 radical (unpaired) electrons. The summed E-state index contributed by atoms with van der Waals surface area (Å²) in [6.45, 7) is 3.52. The van der Waals surface area contributed by atoms with Gasteiger partial charge in [-0.1, -0.05) is 29.8 Å². The summed E-state index contributed by atoms with van der Waals surface area (Å²) < 4.78 is 15.5. The van der Waals surface area contributed by atoms with E-state index < -0.39 is 5.97 Å². The molecule has 7 nitrogen and oxygen atoms in total. The van der Waals surface area contributed by atoms with E-state index in [-0.39, 0.29) is 29.9 Å². The molecule has 2 aromatic rings. The van der Waals surface area contributed by atoms with Crippen molar-refractivity contribution in [2.75, 3.05) is 20.3 Å². The molecule has 0 spiro atoms. The lowest BCUT2D eigenvalue weighted by Gasteiger charge is -2.12. The highest BCUT2D eigenvalue weighted by Gasteiger charge is 2.14. The van der Waals surface area contributed by atoms with Crippen LogP contribution in [0.25, 0.3) is 0 Å². The lowest BCUT2D eigenvalue weighted by atomic mass is 10.1. The lowest BCUT2D eigenvalue weighted by Crippen LogP contribution is -2.18. The van der Waals surface area contributed by atoms with Crippen molar-refractivity contribution < 1.29 is 23.8 Å². The molecule has 28 heavy (non-hydrogen) atoms. The third kappa shape index (κ3) is 5.72. The van der Waals surface area contributed by atoms with Gasteiger partial charge in [0.15, 0.2) is 18.1 Å². The summed E-state index contributed by atoms with van der Waals surface area (Å²) >= 11 is 6.23. The van der Waals surface area contributed by atoms with Crippen LogP contribution in [0, 0.1) is 6.92 Å². The fourth-order valence-corrected chi connectivity index (χ4v) is 2.62. The second-order valence-electron chi connectivity index (χ2n) is 5.64. The van der Waals surface area contributed by atoms with E-state index in [9.17, 15) is 9.59 Å². The molecular formula is C20H21ClN2O5. The van der Waals surface area contributed by atoms with Crippen LogP contribution in [0.2, 0.25) is 5.02 Å². The summed E-state index contributed by atoms with van der Waals surface area (Å²) in [6, 6.07) is 10.4. The van der Waals surface area contributed by atoms with Crippen LogP contribution in [0.4, 0.5) is 0 Å². The fraction of sp³-hybridized carbons (Fsp3) is 0.250. The predicted molar refractivity (Wildman–Crippen MR) is 106 cm³/mol. The quantitative estimate of drug-likeness (QED) is 0.414. The van der Waals surface area contributed by atoms with Crippen LogP contribution >= 0.6 is 11.6 Å². The van der Waals surface area contributed by atoms with Gasteiger partial charge in [0.1, 0.15) is 0 Å². The van der Waals surface area contributed by atoms with E-state index in [0.29, 0.717) is 16.9 Å². The standard InChI is InChI=1S/C20H21ClN2O5/c1-4-27-18(24)12-28-19-16(21)9-14(10-17(19)26-3)11-22-23-20(25)15-8-6-5-7-13(15)2/h5-11H,4,12H2,1-3H3,(H,23,25)/b22-11+. The highest BCUT2D eigenvalue weighted by Crippen LogP contribution is 2.36. The summed E-state index contributed by atoms with van der Waals surface area (Å²) in [6.07, 6.45) is 1.43. The molecule has 0 aliphatic rings. The van der Waals surface area contributed by atoms with E-state index in [2.05, 4.69) is 10.5 Å². The van der Waals surface area contributed by atoms with Gasteiger partial charge in [-0.2, -0.15) is 5.10 Å². The Morgan fingerprint density at radius 3 is 2.68 bits per heavy atom. The molecule has 2 rings (SSSR count). The minimum Gasteiger partial charge on any atom is -0.493 e. The Kier molecular flexibility index (Phi) is 7.83. The molecule has 1 N–H and O–H groups in total. The maximum Gasteiger partial charge on any atom is 0.344 e. The first-order valence-corrected chi connectivity index (χ1v) is 8.89. The van der Waals surface area contributed by atoms with Crippen LogP contribution in [0.3, 0.4) is 0 Å². The molecule has 0 aliphatic carbocycles. The van der Waals surface area contributed by atoms with Gasteiger partial charge in [-0.15, -0.1) is 0 Å². The second kappa shape index (κ2) is 10.3. The predicted octanol–water partition coefficient (Wildman–Crippen LogP) is 3.36. The number of halogens is 1. The topological polar surface area (TPSA) is 86.2 Å². The smallest absolute Gasteiger partial charge is 0.344 e. The number of aryl methyl sites for hydroxylation is 1. The van der Waals surface area contributed by atoms with Crippen LogP contribution in [0.15, 0.2) is 41.5 Å². The number of amides is 1. The van der Waals surface area contributed by atoms with E-state index in [1.165, 1.54) is 13.3 Å². The average Bonchev–Trinajstić information content (AvgIpc) is 2.67. The van der Waals surface area contributed by atoms with Crippen molar-refractivity contribution in [2.45, 2.75) is 13.8 Å². The zero-order valence-electron chi connectivity index (χ0n) is 15.8. The highest BCUT2D eigenvalue weighted by atomic mass is 35.5. The van der Waals surface area contributed by atoms with E-state index in [4.69, 9.17) is 25.8 Å². The monoisotopic (exact) mass is 404 g/mol. The SMILES string of the molecule is CCOC(=O)COc1c(Cl)cc(/C=N/NC(=O)c2ccccc2C)cc1OC. The minimum absolute atomic E-state index is 0.221. The maximum absolute atomic E-state index is 12.2. The highest BCUT2D eigenvalue weighted by molar-refractivity contribution is 6.32. The Labute approximate surface area is 168 Å². The van der Waals surface area contributed by atoms with Gasteiger partial charge in [0.05, 0.1) is 25.0 Å². The number of hydrogen-bond donors (Lipinski definition) is 1. The summed E-state index contributed by atoms with van der Waals surface area (Å²) in [4.78, 5) is 23.6. The number of rotatable bonds is 8. The number of hydrazone groups is 1. The third-order valence-corrected chi connectivity index (χ3v) is 3.94. The Morgan fingerprint density at radius 1 is 1.25 bits per heavy atom. The molecule has 1 amide bonds. The van der Waals surface area contributed by atoms with Crippen molar-refractivity contribution in [1.82, 2.24) is 5.43 Å². The first-order valence-electron chi connectivity index (χ1n) is 8.51. The van der Waals surface area contributed by atoms with Crippen LogP contribution in [0.1, 0.15) is 28.4 Å². The summed E-state index contributed by atoms with van der Waals surface area (Å²) in [7, 11) is 1.45. The average molecular weight is 405 g/mol. The van der Waals surface area contributed by atoms with Crippen molar-refractivity contribution in [2.24, 2.45) is 5.10 Å². The Bertz CT molecular complexity index is 883. The van der Waals surface area contributed by atoms with Crippen LogP contribution in [-0.4, -0.2) is 38.4 Å². The fourth-order valence-electron chi connectivity index (χ4n) is 2.34. The van der Waals surface area contributed by atoms with Gasteiger partial charge < -0.3 is 14.2 Å². The van der Waals surface area contributed by atoms with E-state index in [1.807, 2.05) is 19.1 Å². The van der Waals surface area contributed by atoms with Crippen LogP contribution < -0.4 is 14.9 Å². The van der Waals surface area contributed by atoms with Crippen molar-refractivity contribution in [3.63, 3.8) is 0 Å². The summed E-state index contributed by atoms with van der Waals surface area (Å²) in [5.41, 5.74) is 4.44. The number of ether oxygens (including phenoxy) is 3. The number of benzene rings is 2. The number of nitrogens with one attached hydrogen (secondary N) is 1. The van der Waals surface area contributed by atoms with Gasteiger partial charge in [-0.3, -0.25) is 4.79 Å². The molecule has 0 fully saturated rings. The van der Waals surface area contributed by atoms with Gasteiger partial charge in [0.2, 0.25) is 0 Å². The first kappa shape index (κ1) is 21.2. The molecule has 0 heterocycles. The van der Waals surface area contributed by atoms with E-state index in [0.717, 1.165) is 5.56 Å². The Morgan fingerprint density at radius 2 is 2.00 bits per heavy atom. The van der Waals surface area contributed by atoms with Crippen molar-refractivity contribution >= 4 is 29.7 Å². The third-order valence-electron chi connectivity index (χ3n) is 3.66. The zero-order valence-corrected chi connectivity index (χ0v) is 16.6. The van der Waals surface area contributed by atoms with Gasteiger partial charge in [-0.25, -0.2) is 10.2 Å². The summed E-state index contributed by atoms with van der Waals surface area (Å²) in [5, 5.41) is 4.18. The number of carbonyl (C=O) groups excluding carboxylic acids is 2. The molecule has 8 heteroatoms.